The zero-order chi connectivity index (χ0) is 23.2. The van der Waals surface area contributed by atoms with Gasteiger partial charge in [-0.05, 0) is 67.3 Å². The summed E-state index contributed by atoms with van der Waals surface area (Å²) in [4.78, 5) is 27.0. The molecule has 0 spiro atoms. The number of furan rings is 1. The zero-order valence-electron chi connectivity index (χ0n) is 18.6. The minimum absolute atomic E-state index is 0.0503. The zero-order valence-corrected chi connectivity index (χ0v) is 18.6. The van der Waals surface area contributed by atoms with Crippen LogP contribution in [0.5, 0.6) is 0 Å². The van der Waals surface area contributed by atoms with Gasteiger partial charge in [0.15, 0.2) is 0 Å². The van der Waals surface area contributed by atoms with E-state index in [9.17, 15) is 14.0 Å². The number of halogens is 1. The van der Waals surface area contributed by atoms with Crippen LogP contribution in [-0.4, -0.2) is 29.3 Å². The standard InChI is InChI=1S/C26H28FN3O3/c1-18(20-8-10-22(27)11-9-20)28-25(31)17-30(16-24-3-2-14-33-24)15-19-4-6-21(7-5-19)26(32)29-23-12-13-23/h2-11,14,18,23H,12-13,15-17H2,1H3,(H,28,31)(H,29,32). The number of carbonyl (C=O) groups is 2. The summed E-state index contributed by atoms with van der Waals surface area (Å²) in [5, 5.41) is 5.96. The molecule has 1 saturated carbocycles. The molecule has 2 amide bonds. The van der Waals surface area contributed by atoms with Gasteiger partial charge in [0.25, 0.3) is 5.91 Å². The summed E-state index contributed by atoms with van der Waals surface area (Å²) in [5.74, 6) is 0.261. The lowest BCUT2D eigenvalue weighted by molar-refractivity contribution is -0.123. The second kappa shape index (κ2) is 10.4. The lowest BCUT2D eigenvalue weighted by Crippen LogP contribution is -2.37. The molecule has 2 N–H and O–H groups in total. The van der Waals surface area contributed by atoms with Crippen molar-refractivity contribution in [2.75, 3.05) is 6.54 Å². The quantitative estimate of drug-likeness (QED) is 0.487. The van der Waals surface area contributed by atoms with E-state index in [0.717, 1.165) is 29.7 Å². The summed E-state index contributed by atoms with van der Waals surface area (Å²) in [6.45, 7) is 3.02. The number of carbonyl (C=O) groups excluding carboxylic acids is 2. The molecule has 4 rings (SSSR count). The van der Waals surface area contributed by atoms with Crippen LogP contribution in [0.3, 0.4) is 0 Å². The largest absolute Gasteiger partial charge is 0.468 e. The van der Waals surface area contributed by atoms with E-state index in [1.54, 1.807) is 18.4 Å². The van der Waals surface area contributed by atoms with Crippen LogP contribution in [0.25, 0.3) is 0 Å². The Morgan fingerprint density at radius 3 is 2.42 bits per heavy atom. The lowest BCUT2D eigenvalue weighted by atomic mass is 10.1. The Kier molecular flexibility index (Phi) is 7.19. The molecule has 1 fully saturated rings. The Balaban J connectivity index is 1.38. The third-order valence-electron chi connectivity index (χ3n) is 5.61. The van der Waals surface area contributed by atoms with Crippen molar-refractivity contribution in [2.45, 2.75) is 44.9 Å². The van der Waals surface area contributed by atoms with E-state index in [4.69, 9.17) is 4.42 Å². The van der Waals surface area contributed by atoms with E-state index in [2.05, 4.69) is 10.6 Å². The van der Waals surface area contributed by atoms with E-state index < -0.39 is 0 Å². The molecular formula is C26H28FN3O3. The molecule has 0 bridgehead atoms. The number of nitrogens with zero attached hydrogens (tertiary/aromatic N) is 1. The van der Waals surface area contributed by atoms with Gasteiger partial charge in [0.2, 0.25) is 5.91 Å². The van der Waals surface area contributed by atoms with Crippen molar-refractivity contribution >= 4 is 11.8 Å². The number of amides is 2. The molecule has 0 saturated heterocycles. The maximum absolute atomic E-state index is 13.2. The number of hydrogen-bond acceptors (Lipinski definition) is 4. The fourth-order valence-electron chi connectivity index (χ4n) is 3.63. The van der Waals surface area contributed by atoms with Crippen molar-refractivity contribution < 1.29 is 18.4 Å². The Hall–Kier alpha value is -3.45. The van der Waals surface area contributed by atoms with Gasteiger partial charge >= 0.3 is 0 Å². The number of benzene rings is 2. The molecule has 1 unspecified atom stereocenters. The van der Waals surface area contributed by atoms with Gasteiger partial charge in [0.1, 0.15) is 11.6 Å². The molecule has 1 atom stereocenters. The number of hydrogen-bond donors (Lipinski definition) is 2. The molecule has 7 heteroatoms. The maximum atomic E-state index is 13.2. The summed E-state index contributed by atoms with van der Waals surface area (Å²) in [5.41, 5.74) is 2.46. The second-order valence-corrected chi connectivity index (χ2v) is 8.51. The lowest BCUT2D eigenvalue weighted by Gasteiger charge is -2.22. The summed E-state index contributed by atoms with van der Waals surface area (Å²) in [7, 11) is 0. The highest BCUT2D eigenvalue weighted by Gasteiger charge is 2.23. The van der Waals surface area contributed by atoms with Crippen LogP contribution >= 0.6 is 0 Å². The van der Waals surface area contributed by atoms with Crippen LogP contribution in [0.4, 0.5) is 4.39 Å². The van der Waals surface area contributed by atoms with E-state index in [-0.39, 0.29) is 30.2 Å². The van der Waals surface area contributed by atoms with Crippen molar-refractivity contribution in [2.24, 2.45) is 0 Å². The molecule has 1 aromatic heterocycles. The van der Waals surface area contributed by atoms with Gasteiger partial charge < -0.3 is 15.1 Å². The van der Waals surface area contributed by atoms with Crippen molar-refractivity contribution in [3.05, 3.63) is 95.2 Å². The van der Waals surface area contributed by atoms with Gasteiger partial charge in [-0.2, -0.15) is 0 Å². The van der Waals surface area contributed by atoms with E-state index >= 15 is 0 Å². The van der Waals surface area contributed by atoms with Crippen LogP contribution in [0.2, 0.25) is 0 Å². The molecule has 1 aliphatic rings. The fraction of sp³-hybridized carbons (Fsp3) is 0.308. The van der Waals surface area contributed by atoms with Crippen LogP contribution in [0, 0.1) is 5.82 Å². The minimum atomic E-state index is -0.307. The topological polar surface area (TPSA) is 74.6 Å². The van der Waals surface area contributed by atoms with E-state index in [1.807, 2.05) is 48.2 Å². The van der Waals surface area contributed by atoms with Gasteiger partial charge in [0.05, 0.1) is 25.4 Å². The Morgan fingerprint density at radius 1 is 1.06 bits per heavy atom. The fourth-order valence-corrected chi connectivity index (χ4v) is 3.63. The highest BCUT2D eigenvalue weighted by Crippen LogP contribution is 2.20. The first kappa shape index (κ1) is 22.7. The van der Waals surface area contributed by atoms with Crippen molar-refractivity contribution in [1.82, 2.24) is 15.5 Å². The summed E-state index contributed by atoms with van der Waals surface area (Å²) >= 11 is 0. The van der Waals surface area contributed by atoms with Crippen LogP contribution in [-0.2, 0) is 17.9 Å². The van der Waals surface area contributed by atoms with Crippen LogP contribution < -0.4 is 10.6 Å². The third kappa shape index (κ3) is 6.76. The smallest absolute Gasteiger partial charge is 0.251 e. The highest BCUT2D eigenvalue weighted by atomic mass is 19.1. The normalized spacial score (nSPS) is 14.2. The van der Waals surface area contributed by atoms with Crippen molar-refractivity contribution in [3.63, 3.8) is 0 Å². The molecule has 1 heterocycles. The molecule has 1 aliphatic carbocycles. The van der Waals surface area contributed by atoms with Crippen molar-refractivity contribution in [1.29, 1.82) is 0 Å². The predicted molar refractivity (Wildman–Crippen MR) is 123 cm³/mol. The SMILES string of the molecule is CC(NC(=O)CN(Cc1ccc(C(=O)NC2CC2)cc1)Cc1ccco1)c1ccc(F)cc1. The summed E-state index contributed by atoms with van der Waals surface area (Å²) in [6, 6.07) is 17.3. The predicted octanol–water partition coefficient (Wildman–Crippen LogP) is 4.19. The highest BCUT2D eigenvalue weighted by molar-refractivity contribution is 5.94. The summed E-state index contributed by atoms with van der Waals surface area (Å²) < 4.78 is 18.7. The first-order valence-corrected chi connectivity index (χ1v) is 11.2. The van der Waals surface area contributed by atoms with Gasteiger partial charge in [-0.1, -0.05) is 24.3 Å². The summed E-state index contributed by atoms with van der Waals surface area (Å²) in [6.07, 6.45) is 3.71. The van der Waals surface area contributed by atoms with E-state index in [0.29, 0.717) is 24.7 Å². The number of rotatable bonds is 10. The molecule has 0 aliphatic heterocycles. The maximum Gasteiger partial charge on any atom is 0.251 e. The second-order valence-electron chi connectivity index (χ2n) is 8.51. The van der Waals surface area contributed by atoms with Crippen LogP contribution in [0.1, 0.15) is 53.1 Å². The van der Waals surface area contributed by atoms with E-state index in [1.165, 1.54) is 12.1 Å². The van der Waals surface area contributed by atoms with Gasteiger partial charge in [-0.15, -0.1) is 0 Å². The van der Waals surface area contributed by atoms with Gasteiger partial charge in [0, 0.05) is 18.2 Å². The first-order chi connectivity index (χ1) is 16.0. The monoisotopic (exact) mass is 449 g/mol. The average molecular weight is 450 g/mol. The molecule has 172 valence electrons. The molecule has 0 radical (unpaired) electrons. The minimum Gasteiger partial charge on any atom is -0.468 e. The molecule has 6 nitrogen and oxygen atoms in total. The van der Waals surface area contributed by atoms with Crippen LogP contribution in [0.15, 0.2) is 71.3 Å². The number of nitrogens with one attached hydrogen (secondary N) is 2. The Labute approximate surface area is 192 Å². The first-order valence-electron chi connectivity index (χ1n) is 11.2. The third-order valence-corrected chi connectivity index (χ3v) is 5.61. The molecule has 2 aromatic carbocycles. The average Bonchev–Trinajstić information content (AvgIpc) is 3.46. The van der Waals surface area contributed by atoms with Gasteiger partial charge in [-0.3, -0.25) is 14.5 Å². The molecule has 3 aromatic rings. The van der Waals surface area contributed by atoms with Gasteiger partial charge in [-0.25, -0.2) is 4.39 Å². The Morgan fingerprint density at radius 2 is 1.79 bits per heavy atom. The molecule has 33 heavy (non-hydrogen) atoms. The van der Waals surface area contributed by atoms with Crippen molar-refractivity contribution in [3.8, 4) is 0 Å². The molecular weight excluding hydrogens is 421 g/mol. The Bertz CT molecular complexity index is 1060.